The Labute approximate surface area is 78.2 Å². The van der Waals surface area contributed by atoms with Gasteiger partial charge in [-0.2, -0.15) is 0 Å². The molecule has 2 aliphatic heterocycles. The summed E-state index contributed by atoms with van der Waals surface area (Å²) < 4.78 is 0. The quantitative estimate of drug-likeness (QED) is 0.636. The van der Waals surface area contributed by atoms with Gasteiger partial charge in [-0.1, -0.05) is 0 Å². The van der Waals surface area contributed by atoms with Gasteiger partial charge in [-0.05, 0) is 32.4 Å². The van der Waals surface area contributed by atoms with Gasteiger partial charge in [-0.3, -0.25) is 4.79 Å². The molecule has 0 amide bonds. The van der Waals surface area contributed by atoms with Crippen molar-refractivity contribution in [3.05, 3.63) is 0 Å². The molecule has 2 fully saturated rings. The van der Waals surface area contributed by atoms with Crippen LogP contribution in [0.25, 0.3) is 0 Å². The standard InChI is InChI=1S/C9H16N2O2/c12-9-2-1-7-11(13-9)8-3-5-10-6-4-8/h8,10H,1-7H2. The number of nitrogens with one attached hydrogen (secondary N) is 1. The van der Waals surface area contributed by atoms with Crippen molar-refractivity contribution in [3.8, 4) is 0 Å². The predicted molar refractivity (Wildman–Crippen MR) is 47.9 cm³/mol. The number of hydrogen-bond donors (Lipinski definition) is 1. The molecule has 2 saturated heterocycles. The molecule has 0 aromatic rings. The second kappa shape index (κ2) is 4.07. The van der Waals surface area contributed by atoms with Gasteiger partial charge in [-0.15, -0.1) is 5.06 Å². The largest absolute Gasteiger partial charge is 0.368 e. The summed E-state index contributed by atoms with van der Waals surface area (Å²) in [6.45, 7) is 2.99. The Hall–Kier alpha value is -0.610. The van der Waals surface area contributed by atoms with Gasteiger partial charge in [0.2, 0.25) is 0 Å². The molecule has 0 saturated carbocycles. The van der Waals surface area contributed by atoms with Crippen LogP contribution in [0.2, 0.25) is 0 Å². The fraction of sp³-hybridized carbons (Fsp3) is 0.889. The minimum absolute atomic E-state index is 0.0650. The minimum atomic E-state index is -0.0650. The third-order valence-corrected chi connectivity index (χ3v) is 2.69. The lowest BCUT2D eigenvalue weighted by atomic mass is 10.1. The number of rotatable bonds is 1. The maximum Gasteiger partial charge on any atom is 0.325 e. The zero-order valence-electron chi connectivity index (χ0n) is 7.79. The van der Waals surface area contributed by atoms with Crippen molar-refractivity contribution in [2.24, 2.45) is 0 Å². The van der Waals surface area contributed by atoms with Crippen molar-refractivity contribution in [2.75, 3.05) is 19.6 Å². The maximum absolute atomic E-state index is 11.0. The lowest BCUT2D eigenvalue weighted by Gasteiger charge is -2.34. The van der Waals surface area contributed by atoms with E-state index in [1.807, 2.05) is 5.06 Å². The third-order valence-electron chi connectivity index (χ3n) is 2.69. The molecule has 74 valence electrons. The first kappa shape index (κ1) is 8.97. The Morgan fingerprint density at radius 1 is 1.38 bits per heavy atom. The van der Waals surface area contributed by atoms with Crippen LogP contribution in [0.1, 0.15) is 25.7 Å². The van der Waals surface area contributed by atoms with Crippen LogP contribution < -0.4 is 5.32 Å². The molecule has 0 aliphatic carbocycles. The molecule has 1 N–H and O–H groups in total. The highest BCUT2D eigenvalue weighted by atomic mass is 16.7. The van der Waals surface area contributed by atoms with Gasteiger partial charge >= 0.3 is 5.97 Å². The molecule has 4 heteroatoms. The zero-order chi connectivity index (χ0) is 9.10. The van der Waals surface area contributed by atoms with Crippen LogP contribution in [0.15, 0.2) is 0 Å². The van der Waals surface area contributed by atoms with Crippen LogP contribution in [0.5, 0.6) is 0 Å². The molecule has 0 radical (unpaired) electrons. The van der Waals surface area contributed by atoms with Gasteiger partial charge < -0.3 is 10.2 Å². The molecule has 2 rings (SSSR count). The summed E-state index contributed by atoms with van der Waals surface area (Å²) in [5, 5.41) is 5.18. The van der Waals surface area contributed by atoms with E-state index in [2.05, 4.69) is 5.32 Å². The number of piperidine rings is 1. The molecule has 0 atom stereocenters. The first-order chi connectivity index (χ1) is 6.36. The predicted octanol–water partition coefficient (Wildman–Crippen LogP) is 0.292. The number of carbonyl (C=O) groups is 1. The highest BCUT2D eigenvalue weighted by molar-refractivity contribution is 5.69. The fourth-order valence-corrected chi connectivity index (χ4v) is 1.95. The molecule has 2 aliphatic rings. The van der Waals surface area contributed by atoms with Crippen LogP contribution in [-0.4, -0.2) is 36.7 Å². The van der Waals surface area contributed by atoms with Crippen LogP contribution >= 0.6 is 0 Å². The Kier molecular flexibility index (Phi) is 2.80. The summed E-state index contributed by atoms with van der Waals surface area (Å²) in [6, 6.07) is 0.450. The lowest BCUT2D eigenvalue weighted by molar-refractivity contribution is -0.214. The first-order valence-electron chi connectivity index (χ1n) is 5.04. The third kappa shape index (κ3) is 2.19. The van der Waals surface area contributed by atoms with Gasteiger partial charge in [0.05, 0.1) is 0 Å². The van der Waals surface area contributed by atoms with E-state index in [4.69, 9.17) is 4.84 Å². The van der Waals surface area contributed by atoms with Gasteiger partial charge in [0.15, 0.2) is 0 Å². The van der Waals surface area contributed by atoms with Crippen molar-refractivity contribution in [1.82, 2.24) is 10.4 Å². The first-order valence-corrected chi connectivity index (χ1v) is 5.04. The van der Waals surface area contributed by atoms with Gasteiger partial charge in [0.1, 0.15) is 0 Å². The normalized spacial score (nSPS) is 27.2. The molecular weight excluding hydrogens is 168 g/mol. The van der Waals surface area contributed by atoms with E-state index in [0.717, 1.165) is 38.9 Å². The molecule has 0 unspecified atom stereocenters. The molecule has 0 aromatic heterocycles. The highest BCUT2D eigenvalue weighted by Gasteiger charge is 2.26. The van der Waals surface area contributed by atoms with E-state index < -0.39 is 0 Å². The molecule has 13 heavy (non-hydrogen) atoms. The Morgan fingerprint density at radius 2 is 2.15 bits per heavy atom. The molecule has 0 spiro atoms. The number of carbonyl (C=O) groups excluding carboxylic acids is 1. The van der Waals surface area contributed by atoms with E-state index in [1.165, 1.54) is 0 Å². The van der Waals surface area contributed by atoms with E-state index in [-0.39, 0.29) is 5.97 Å². The Bertz CT molecular complexity index is 190. The molecular formula is C9H16N2O2. The summed E-state index contributed by atoms with van der Waals surface area (Å²) >= 11 is 0. The average Bonchev–Trinajstić information content (AvgIpc) is 2.19. The van der Waals surface area contributed by atoms with Gasteiger partial charge in [0, 0.05) is 19.0 Å². The summed E-state index contributed by atoms with van der Waals surface area (Å²) in [7, 11) is 0. The van der Waals surface area contributed by atoms with E-state index in [1.54, 1.807) is 0 Å². The SMILES string of the molecule is O=C1CCCN(C2CCNCC2)O1. The summed E-state index contributed by atoms with van der Waals surface area (Å²) in [4.78, 5) is 16.2. The second-order valence-corrected chi connectivity index (χ2v) is 3.69. The molecule has 2 heterocycles. The second-order valence-electron chi connectivity index (χ2n) is 3.69. The van der Waals surface area contributed by atoms with Crippen molar-refractivity contribution in [1.29, 1.82) is 0 Å². The van der Waals surface area contributed by atoms with Crippen molar-refractivity contribution in [2.45, 2.75) is 31.7 Å². The minimum Gasteiger partial charge on any atom is -0.368 e. The molecule has 0 bridgehead atoms. The Morgan fingerprint density at radius 3 is 2.85 bits per heavy atom. The van der Waals surface area contributed by atoms with Gasteiger partial charge in [0.25, 0.3) is 0 Å². The van der Waals surface area contributed by atoms with E-state index in [0.29, 0.717) is 12.5 Å². The molecule has 0 aromatic carbocycles. The van der Waals surface area contributed by atoms with Crippen molar-refractivity contribution < 1.29 is 9.63 Å². The molecule has 4 nitrogen and oxygen atoms in total. The van der Waals surface area contributed by atoms with Crippen molar-refractivity contribution >= 4 is 5.97 Å². The average molecular weight is 184 g/mol. The lowest BCUT2D eigenvalue weighted by Crippen LogP contribution is -2.46. The summed E-state index contributed by atoms with van der Waals surface area (Å²) in [5.74, 6) is -0.0650. The number of nitrogens with zero attached hydrogens (tertiary/aromatic N) is 1. The summed E-state index contributed by atoms with van der Waals surface area (Å²) in [5.41, 5.74) is 0. The smallest absolute Gasteiger partial charge is 0.325 e. The van der Waals surface area contributed by atoms with Crippen molar-refractivity contribution in [3.63, 3.8) is 0 Å². The number of hydroxylamine groups is 2. The van der Waals surface area contributed by atoms with Gasteiger partial charge in [-0.25, -0.2) is 0 Å². The number of hydrogen-bond acceptors (Lipinski definition) is 4. The van der Waals surface area contributed by atoms with Crippen LogP contribution in [0.3, 0.4) is 0 Å². The summed E-state index contributed by atoms with van der Waals surface area (Å²) in [6.07, 6.45) is 3.71. The van der Waals surface area contributed by atoms with Crippen LogP contribution in [-0.2, 0) is 9.63 Å². The van der Waals surface area contributed by atoms with E-state index >= 15 is 0 Å². The van der Waals surface area contributed by atoms with Crippen LogP contribution in [0.4, 0.5) is 0 Å². The van der Waals surface area contributed by atoms with Crippen LogP contribution in [0, 0.1) is 0 Å². The zero-order valence-corrected chi connectivity index (χ0v) is 7.79. The maximum atomic E-state index is 11.0. The Balaban J connectivity index is 1.87. The highest BCUT2D eigenvalue weighted by Crippen LogP contribution is 2.17. The van der Waals surface area contributed by atoms with E-state index in [9.17, 15) is 4.79 Å². The fourth-order valence-electron chi connectivity index (χ4n) is 1.95. The monoisotopic (exact) mass is 184 g/mol. The topological polar surface area (TPSA) is 41.6 Å².